The number of imidazole rings is 1. The zero-order chi connectivity index (χ0) is 16.2. The number of para-hydroxylation sites is 2. The number of rotatable bonds is 6. The fraction of sp³-hybridized carbons (Fsp3) is 0.312. The first kappa shape index (κ1) is 16.1. The summed E-state index contributed by atoms with van der Waals surface area (Å²) in [5, 5.41) is 3.64. The van der Waals surface area contributed by atoms with E-state index in [-0.39, 0.29) is 22.8 Å². The smallest absolute Gasteiger partial charge is 0.231 e. The van der Waals surface area contributed by atoms with Crippen LogP contribution in [0.3, 0.4) is 0 Å². The van der Waals surface area contributed by atoms with E-state index in [2.05, 4.69) is 16.9 Å². The summed E-state index contributed by atoms with van der Waals surface area (Å²) in [5.74, 6) is 0.897. The van der Waals surface area contributed by atoms with E-state index >= 15 is 0 Å². The number of nitrogens with zero attached hydrogens (tertiary/aromatic N) is 2. The van der Waals surface area contributed by atoms with Gasteiger partial charge in [0.15, 0.2) is 5.16 Å². The molecule has 1 aliphatic rings. The Hall–Kier alpha value is -1.73. The van der Waals surface area contributed by atoms with Crippen LogP contribution in [0.2, 0.25) is 0 Å². The number of benzene rings is 1. The molecule has 2 heterocycles. The minimum Gasteiger partial charge on any atom is -0.345 e. The minimum atomic E-state index is -0.333. The van der Waals surface area contributed by atoms with Crippen molar-refractivity contribution in [3.63, 3.8) is 0 Å². The second-order valence-electron chi connectivity index (χ2n) is 5.15. The molecule has 0 aliphatic carbocycles. The molecule has 23 heavy (non-hydrogen) atoms. The Bertz CT molecular complexity index is 757. The van der Waals surface area contributed by atoms with E-state index in [9.17, 15) is 9.59 Å². The van der Waals surface area contributed by atoms with Crippen molar-refractivity contribution in [3.05, 3.63) is 36.9 Å². The molecule has 1 saturated heterocycles. The van der Waals surface area contributed by atoms with Crippen LogP contribution >= 0.6 is 23.5 Å². The molecule has 1 N–H and O–H groups in total. The van der Waals surface area contributed by atoms with Crippen LogP contribution in [0.5, 0.6) is 0 Å². The van der Waals surface area contributed by atoms with E-state index < -0.39 is 0 Å². The molecule has 1 atom stereocenters. The molecule has 0 spiro atoms. The highest BCUT2D eigenvalue weighted by molar-refractivity contribution is 8.14. The summed E-state index contributed by atoms with van der Waals surface area (Å²) in [6, 6.07) is 7.53. The molecule has 0 unspecified atom stereocenters. The average Bonchev–Trinajstić information content (AvgIpc) is 3.10. The van der Waals surface area contributed by atoms with Crippen molar-refractivity contribution >= 4 is 45.6 Å². The van der Waals surface area contributed by atoms with Crippen molar-refractivity contribution in [2.45, 2.75) is 24.2 Å². The second kappa shape index (κ2) is 7.23. The van der Waals surface area contributed by atoms with Gasteiger partial charge in [0.2, 0.25) is 11.0 Å². The first-order valence-corrected chi connectivity index (χ1v) is 9.31. The van der Waals surface area contributed by atoms with Crippen molar-refractivity contribution in [1.29, 1.82) is 0 Å². The monoisotopic (exact) mass is 347 g/mol. The van der Waals surface area contributed by atoms with Gasteiger partial charge in [-0.05, 0) is 18.6 Å². The summed E-state index contributed by atoms with van der Waals surface area (Å²) in [7, 11) is 0. The topological polar surface area (TPSA) is 64.0 Å². The van der Waals surface area contributed by atoms with Crippen LogP contribution in [0.15, 0.2) is 42.1 Å². The molecular formula is C16H17N3O2S2. The Balaban J connectivity index is 1.68. The maximum absolute atomic E-state index is 12.1. The Labute approximate surface area is 142 Å². The lowest BCUT2D eigenvalue weighted by atomic mass is 10.2. The van der Waals surface area contributed by atoms with Gasteiger partial charge in [0.05, 0.1) is 22.8 Å². The zero-order valence-electron chi connectivity index (χ0n) is 12.5. The molecule has 1 aromatic heterocycles. The summed E-state index contributed by atoms with van der Waals surface area (Å²) in [6.07, 6.45) is 2.53. The van der Waals surface area contributed by atoms with E-state index in [4.69, 9.17) is 0 Å². The largest absolute Gasteiger partial charge is 0.345 e. The van der Waals surface area contributed by atoms with Crippen molar-refractivity contribution in [2.75, 3.05) is 11.5 Å². The molecule has 2 aromatic rings. The van der Waals surface area contributed by atoms with Gasteiger partial charge < -0.3 is 9.88 Å². The molecule has 120 valence electrons. The van der Waals surface area contributed by atoms with E-state index in [0.717, 1.165) is 28.4 Å². The van der Waals surface area contributed by atoms with Crippen LogP contribution in [0.1, 0.15) is 6.42 Å². The van der Waals surface area contributed by atoms with Crippen LogP contribution in [-0.4, -0.2) is 38.1 Å². The Morgan fingerprint density at radius 1 is 1.52 bits per heavy atom. The number of aromatic nitrogens is 2. The number of amides is 1. The second-order valence-corrected chi connectivity index (χ2v) is 7.19. The lowest BCUT2D eigenvalue weighted by molar-refractivity contribution is -0.122. The van der Waals surface area contributed by atoms with Crippen molar-refractivity contribution in [2.24, 2.45) is 0 Å². The standard InChI is InChI=1S/C16H17N3O2S2/c1-2-8-19-13-6-4-3-5-11(13)18-16(19)23-10-14(20)17-12-7-9-22-15(12)21/h2-6,12H,1,7-10H2,(H,17,20)/t12-/m1/s1. The van der Waals surface area contributed by atoms with Gasteiger partial charge in [-0.25, -0.2) is 4.98 Å². The van der Waals surface area contributed by atoms with Crippen molar-refractivity contribution in [1.82, 2.24) is 14.9 Å². The normalized spacial score (nSPS) is 17.6. The lowest BCUT2D eigenvalue weighted by Crippen LogP contribution is -2.38. The van der Waals surface area contributed by atoms with Gasteiger partial charge in [0.1, 0.15) is 0 Å². The van der Waals surface area contributed by atoms with Crippen LogP contribution in [0.4, 0.5) is 0 Å². The van der Waals surface area contributed by atoms with Crippen LogP contribution < -0.4 is 5.32 Å². The third-order valence-corrected chi connectivity index (χ3v) is 5.52. The van der Waals surface area contributed by atoms with E-state index in [0.29, 0.717) is 6.54 Å². The maximum atomic E-state index is 12.1. The number of carbonyl (C=O) groups is 2. The molecule has 0 radical (unpaired) electrons. The first-order valence-electron chi connectivity index (χ1n) is 7.34. The summed E-state index contributed by atoms with van der Waals surface area (Å²) in [6.45, 7) is 4.42. The molecule has 0 bridgehead atoms. The van der Waals surface area contributed by atoms with E-state index in [1.54, 1.807) is 0 Å². The number of carbonyl (C=O) groups excluding carboxylic acids is 2. The number of nitrogens with one attached hydrogen (secondary N) is 1. The molecule has 1 aliphatic heterocycles. The number of thioether (sulfide) groups is 2. The Morgan fingerprint density at radius 2 is 2.35 bits per heavy atom. The molecule has 5 nitrogen and oxygen atoms in total. The molecule has 1 fully saturated rings. The summed E-state index contributed by atoms with van der Waals surface area (Å²) < 4.78 is 2.04. The molecule has 3 rings (SSSR count). The lowest BCUT2D eigenvalue weighted by Gasteiger charge is -2.10. The quantitative estimate of drug-likeness (QED) is 0.642. The molecule has 1 amide bonds. The highest BCUT2D eigenvalue weighted by atomic mass is 32.2. The van der Waals surface area contributed by atoms with Crippen molar-refractivity contribution < 1.29 is 9.59 Å². The molecule has 1 aromatic carbocycles. The Kier molecular flexibility index (Phi) is 5.07. The molecule has 0 saturated carbocycles. The van der Waals surface area contributed by atoms with Gasteiger partial charge in [-0.1, -0.05) is 41.7 Å². The van der Waals surface area contributed by atoms with Gasteiger partial charge in [-0.15, -0.1) is 6.58 Å². The molecule has 7 heteroatoms. The van der Waals surface area contributed by atoms with Gasteiger partial charge in [0, 0.05) is 12.3 Å². The Morgan fingerprint density at radius 3 is 3.09 bits per heavy atom. The fourth-order valence-corrected chi connectivity index (χ4v) is 4.23. The first-order chi connectivity index (χ1) is 11.2. The van der Waals surface area contributed by atoms with Gasteiger partial charge in [0.25, 0.3) is 0 Å². The van der Waals surface area contributed by atoms with E-state index in [1.807, 2.05) is 34.9 Å². The van der Waals surface area contributed by atoms with Crippen LogP contribution in [0.25, 0.3) is 11.0 Å². The van der Waals surface area contributed by atoms with Crippen molar-refractivity contribution in [3.8, 4) is 0 Å². The third-order valence-electron chi connectivity index (χ3n) is 3.53. The maximum Gasteiger partial charge on any atom is 0.231 e. The average molecular weight is 347 g/mol. The number of allylic oxidation sites excluding steroid dienone is 1. The SMILES string of the molecule is C=CCn1c(SCC(=O)N[C@@H]2CCSC2=O)nc2ccccc21. The van der Waals surface area contributed by atoms with Gasteiger partial charge >= 0.3 is 0 Å². The van der Waals surface area contributed by atoms with Gasteiger partial charge in [-0.2, -0.15) is 0 Å². The predicted octanol–water partition coefficient (Wildman–Crippen LogP) is 2.46. The molecular weight excluding hydrogens is 330 g/mol. The highest BCUT2D eigenvalue weighted by Gasteiger charge is 2.26. The highest BCUT2D eigenvalue weighted by Crippen LogP contribution is 2.24. The van der Waals surface area contributed by atoms with Gasteiger partial charge in [-0.3, -0.25) is 9.59 Å². The summed E-state index contributed by atoms with van der Waals surface area (Å²) >= 11 is 2.67. The third kappa shape index (κ3) is 3.61. The number of fused-ring (bicyclic) bond motifs is 1. The summed E-state index contributed by atoms with van der Waals surface area (Å²) in [4.78, 5) is 28.2. The minimum absolute atomic E-state index is 0.0576. The fourth-order valence-electron chi connectivity index (χ4n) is 2.46. The summed E-state index contributed by atoms with van der Waals surface area (Å²) in [5.41, 5.74) is 1.93. The van der Waals surface area contributed by atoms with Crippen LogP contribution in [0, 0.1) is 0 Å². The number of hydrogen-bond acceptors (Lipinski definition) is 5. The van der Waals surface area contributed by atoms with E-state index in [1.165, 1.54) is 23.5 Å². The number of hydrogen-bond donors (Lipinski definition) is 1. The zero-order valence-corrected chi connectivity index (χ0v) is 14.2. The predicted molar refractivity (Wildman–Crippen MR) is 94.7 cm³/mol. The van der Waals surface area contributed by atoms with Crippen LogP contribution in [-0.2, 0) is 16.1 Å².